The van der Waals surface area contributed by atoms with Crippen molar-refractivity contribution in [2.24, 2.45) is 7.05 Å². The number of aliphatic hydroxyl groups is 1. The first kappa shape index (κ1) is 14.7. The van der Waals surface area contributed by atoms with Gasteiger partial charge in [0.2, 0.25) is 10.0 Å². The standard InChI is InChI=1S/C10H17N3O4S/c1-7(6-14)12-10(15)9-4-8(5-13(9)3)18(16,17)11-2/h4-5,7,11,14H,6H2,1-3H3,(H,12,15)/t7-/m0/s1. The Morgan fingerprint density at radius 1 is 1.56 bits per heavy atom. The number of carbonyl (C=O) groups is 1. The van der Waals surface area contributed by atoms with Gasteiger partial charge in [0.05, 0.1) is 6.61 Å². The fourth-order valence-electron chi connectivity index (χ4n) is 1.37. The van der Waals surface area contributed by atoms with Gasteiger partial charge >= 0.3 is 0 Å². The number of hydrogen-bond acceptors (Lipinski definition) is 4. The zero-order valence-corrected chi connectivity index (χ0v) is 11.3. The summed E-state index contributed by atoms with van der Waals surface area (Å²) in [6.07, 6.45) is 1.35. The van der Waals surface area contributed by atoms with Crippen molar-refractivity contribution in [3.8, 4) is 0 Å². The van der Waals surface area contributed by atoms with E-state index in [1.54, 1.807) is 14.0 Å². The summed E-state index contributed by atoms with van der Waals surface area (Å²) < 4.78 is 26.7. The molecule has 0 saturated heterocycles. The average molecular weight is 275 g/mol. The van der Waals surface area contributed by atoms with Gasteiger partial charge in [0.1, 0.15) is 10.6 Å². The smallest absolute Gasteiger partial charge is 0.268 e. The lowest BCUT2D eigenvalue weighted by molar-refractivity contribution is 0.0914. The Bertz CT molecular complexity index is 535. The summed E-state index contributed by atoms with van der Waals surface area (Å²) >= 11 is 0. The highest BCUT2D eigenvalue weighted by molar-refractivity contribution is 7.89. The maximum atomic E-state index is 11.8. The number of rotatable bonds is 5. The number of carbonyl (C=O) groups excluding carboxylic acids is 1. The number of amides is 1. The molecule has 18 heavy (non-hydrogen) atoms. The third-order valence-corrected chi connectivity index (χ3v) is 3.82. The SMILES string of the molecule is CNS(=O)(=O)c1cc(C(=O)N[C@@H](C)CO)n(C)c1. The number of nitrogens with one attached hydrogen (secondary N) is 2. The number of aryl methyl sites for hydroxylation is 1. The van der Waals surface area contributed by atoms with E-state index in [2.05, 4.69) is 10.0 Å². The molecule has 7 nitrogen and oxygen atoms in total. The van der Waals surface area contributed by atoms with Gasteiger partial charge in [-0.05, 0) is 20.0 Å². The van der Waals surface area contributed by atoms with E-state index in [9.17, 15) is 13.2 Å². The summed E-state index contributed by atoms with van der Waals surface area (Å²) in [4.78, 5) is 11.8. The normalized spacial score (nSPS) is 13.3. The van der Waals surface area contributed by atoms with Crippen LogP contribution in [0.2, 0.25) is 0 Å². The van der Waals surface area contributed by atoms with E-state index in [-0.39, 0.29) is 17.2 Å². The Hall–Kier alpha value is -1.38. The van der Waals surface area contributed by atoms with Crippen LogP contribution in [0.25, 0.3) is 0 Å². The topological polar surface area (TPSA) is 100 Å². The van der Waals surface area contributed by atoms with E-state index in [1.165, 1.54) is 23.9 Å². The molecule has 0 aliphatic carbocycles. The Balaban J connectivity index is 3.02. The van der Waals surface area contributed by atoms with Gasteiger partial charge in [0.15, 0.2) is 0 Å². The molecule has 0 aliphatic rings. The molecule has 0 saturated carbocycles. The molecule has 0 fully saturated rings. The maximum Gasteiger partial charge on any atom is 0.268 e. The number of nitrogens with zero attached hydrogens (tertiary/aromatic N) is 1. The molecule has 0 aromatic carbocycles. The fraction of sp³-hybridized carbons (Fsp3) is 0.500. The van der Waals surface area contributed by atoms with E-state index in [1.807, 2.05) is 0 Å². The average Bonchev–Trinajstić information content (AvgIpc) is 2.71. The minimum atomic E-state index is -3.57. The highest BCUT2D eigenvalue weighted by atomic mass is 32.2. The molecule has 0 bridgehead atoms. The Morgan fingerprint density at radius 2 is 2.17 bits per heavy atom. The zero-order chi connectivity index (χ0) is 13.9. The second-order valence-corrected chi connectivity index (χ2v) is 5.82. The largest absolute Gasteiger partial charge is 0.394 e. The lowest BCUT2D eigenvalue weighted by Gasteiger charge is -2.10. The molecule has 1 rings (SSSR count). The quantitative estimate of drug-likeness (QED) is 0.644. The molecule has 0 aliphatic heterocycles. The third-order valence-electron chi connectivity index (χ3n) is 2.44. The van der Waals surface area contributed by atoms with Crippen molar-refractivity contribution in [2.45, 2.75) is 17.9 Å². The maximum absolute atomic E-state index is 11.8. The molecular formula is C10H17N3O4S. The van der Waals surface area contributed by atoms with Gasteiger partial charge in [-0.1, -0.05) is 0 Å². The summed E-state index contributed by atoms with van der Waals surface area (Å²) in [5.41, 5.74) is 0.212. The van der Waals surface area contributed by atoms with Crippen LogP contribution in [0, 0.1) is 0 Å². The Kier molecular flexibility index (Phi) is 4.49. The summed E-state index contributed by atoms with van der Waals surface area (Å²) in [7, 11) is -0.690. The van der Waals surface area contributed by atoms with E-state index in [0.29, 0.717) is 0 Å². The first-order valence-electron chi connectivity index (χ1n) is 5.33. The molecule has 8 heteroatoms. The predicted molar refractivity (Wildman–Crippen MR) is 65.7 cm³/mol. The molecule has 102 valence electrons. The number of aliphatic hydroxyl groups excluding tert-OH is 1. The number of sulfonamides is 1. The van der Waals surface area contributed by atoms with Crippen molar-refractivity contribution < 1.29 is 18.3 Å². The summed E-state index contributed by atoms with van der Waals surface area (Å²) in [5.74, 6) is -0.434. The van der Waals surface area contributed by atoms with Crippen molar-refractivity contribution in [1.29, 1.82) is 0 Å². The first-order valence-corrected chi connectivity index (χ1v) is 6.81. The lowest BCUT2D eigenvalue weighted by atomic mass is 10.3. The van der Waals surface area contributed by atoms with Crippen LogP contribution in [0.1, 0.15) is 17.4 Å². The van der Waals surface area contributed by atoms with Crippen molar-refractivity contribution >= 4 is 15.9 Å². The molecule has 0 unspecified atom stereocenters. The minimum absolute atomic E-state index is 0.0225. The van der Waals surface area contributed by atoms with Crippen LogP contribution >= 0.6 is 0 Å². The molecular weight excluding hydrogens is 258 g/mol. The van der Waals surface area contributed by atoms with Gasteiger partial charge < -0.3 is 15.0 Å². The van der Waals surface area contributed by atoms with E-state index >= 15 is 0 Å². The highest BCUT2D eigenvalue weighted by Crippen LogP contribution is 2.13. The second kappa shape index (κ2) is 5.51. The first-order chi connectivity index (χ1) is 8.31. The second-order valence-electron chi connectivity index (χ2n) is 3.94. The van der Waals surface area contributed by atoms with Gasteiger partial charge in [-0.2, -0.15) is 0 Å². The van der Waals surface area contributed by atoms with Gasteiger partial charge in [0.25, 0.3) is 5.91 Å². The van der Waals surface area contributed by atoms with Gasteiger partial charge in [0, 0.05) is 19.3 Å². The molecule has 1 aromatic rings. The van der Waals surface area contributed by atoms with E-state index in [0.717, 1.165) is 0 Å². The third kappa shape index (κ3) is 3.09. The van der Waals surface area contributed by atoms with Crippen LogP contribution in [-0.2, 0) is 17.1 Å². The molecule has 1 aromatic heterocycles. The Morgan fingerprint density at radius 3 is 2.67 bits per heavy atom. The highest BCUT2D eigenvalue weighted by Gasteiger charge is 2.19. The van der Waals surface area contributed by atoms with Crippen LogP contribution in [0.3, 0.4) is 0 Å². The van der Waals surface area contributed by atoms with Crippen molar-refractivity contribution in [2.75, 3.05) is 13.7 Å². The molecule has 1 amide bonds. The van der Waals surface area contributed by atoms with Crippen LogP contribution in [0.4, 0.5) is 0 Å². The van der Waals surface area contributed by atoms with Gasteiger partial charge in [-0.25, -0.2) is 13.1 Å². The molecule has 0 spiro atoms. The van der Waals surface area contributed by atoms with E-state index in [4.69, 9.17) is 5.11 Å². The summed E-state index contributed by atoms with van der Waals surface area (Å²) in [6, 6.07) is 0.891. The van der Waals surface area contributed by atoms with Crippen molar-refractivity contribution in [3.63, 3.8) is 0 Å². The molecule has 3 N–H and O–H groups in total. The van der Waals surface area contributed by atoms with Crippen LogP contribution < -0.4 is 10.0 Å². The predicted octanol–water partition coefficient (Wildman–Crippen LogP) is -0.956. The monoisotopic (exact) mass is 275 g/mol. The molecule has 1 atom stereocenters. The fourth-order valence-corrected chi connectivity index (χ4v) is 2.17. The van der Waals surface area contributed by atoms with Crippen LogP contribution in [0.15, 0.2) is 17.2 Å². The summed E-state index contributed by atoms with van der Waals surface area (Å²) in [5, 5.41) is 11.4. The van der Waals surface area contributed by atoms with Crippen molar-refractivity contribution in [3.05, 3.63) is 18.0 Å². The zero-order valence-electron chi connectivity index (χ0n) is 10.5. The Labute approximate surface area is 106 Å². The van der Waals surface area contributed by atoms with Gasteiger partial charge in [-0.15, -0.1) is 0 Å². The van der Waals surface area contributed by atoms with Crippen molar-refractivity contribution in [1.82, 2.24) is 14.6 Å². The number of hydrogen-bond donors (Lipinski definition) is 3. The van der Waals surface area contributed by atoms with Crippen LogP contribution in [0.5, 0.6) is 0 Å². The minimum Gasteiger partial charge on any atom is -0.394 e. The van der Waals surface area contributed by atoms with Crippen LogP contribution in [-0.4, -0.2) is 43.7 Å². The van der Waals surface area contributed by atoms with Gasteiger partial charge in [-0.3, -0.25) is 4.79 Å². The molecule has 1 heterocycles. The van der Waals surface area contributed by atoms with E-state index < -0.39 is 22.0 Å². The lowest BCUT2D eigenvalue weighted by Crippen LogP contribution is -2.35. The molecule has 0 radical (unpaired) electrons. The summed E-state index contributed by atoms with van der Waals surface area (Å²) in [6.45, 7) is 1.46. The number of aromatic nitrogens is 1.